The van der Waals surface area contributed by atoms with Crippen molar-refractivity contribution >= 4 is 5.82 Å². The van der Waals surface area contributed by atoms with E-state index in [1.54, 1.807) is 0 Å². The third-order valence-electron chi connectivity index (χ3n) is 3.75. The third kappa shape index (κ3) is 2.72. The highest BCUT2D eigenvalue weighted by atomic mass is 16.5. The molecular formula is C14H23N3O2. The van der Waals surface area contributed by atoms with Crippen LogP contribution in [0.5, 0.6) is 0 Å². The van der Waals surface area contributed by atoms with Gasteiger partial charge in [-0.15, -0.1) is 0 Å². The number of nitrogens with zero attached hydrogens (tertiary/aromatic N) is 2. The fraction of sp³-hybridized carbons (Fsp3) is 0.714. The first-order valence-electron chi connectivity index (χ1n) is 6.88. The van der Waals surface area contributed by atoms with Crippen LogP contribution in [0, 0.1) is 13.8 Å². The summed E-state index contributed by atoms with van der Waals surface area (Å²) in [4.78, 5) is 9.33. The van der Waals surface area contributed by atoms with E-state index in [1.165, 1.54) is 0 Å². The summed E-state index contributed by atoms with van der Waals surface area (Å²) in [6, 6.07) is 0. The molecule has 5 heteroatoms. The number of nitrogens with one attached hydrogen (secondary N) is 1. The fourth-order valence-electron chi connectivity index (χ4n) is 2.49. The first-order chi connectivity index (χ1) is 9.13. The van der Waals surface area contributed by atoms with Crippen molar-refractivity contribution in [1.82, 2.24) is 9.97 Å². The van der Waals surface area contributed by atoms with Gasteiger partial charge in [-0.2, -0.15) is 0 Å². The summed E-state index contributed by atoms with van der Waals surface area (Å²) in [5.41, 5.74) is 1.70. The average Bonchev–Trinajstić information content (AvgIpc) is 2.43. The maximum Gasteiger partial charge on any atom is 0.163 e. The molecule has 1 aromatic heterocycles. The second kappa shape index (κ2) is 5.84. The first kappa shape index (κ1) is 14.2. The van der Waals surface area contributed by atoms with Crippen LogP contribution in [-0.2, 0) is 15.1 Å². The SMILES string of the molecule is CCOC1(c2nc(C)c(C)c(NC)n2)CCOCC1. The molecule has 0 radical (unpaired) electrons. The lowest BCUT2D eigenvalue weighted by Crippen LogP contribution is -2.38. The summed E-state index contributed by atoms with van der Waals surface area (Å²) in [5.74, 6) is 1.66. The zero-order chi connectivity index (χ0) is 13.9. The van der Waals surface area contributed by atoms with Gasteiger partial charge in [-0.3, -0.25) is 0 Å². The molecule has 1 aliphatic heterocycles. The van der Waals surface area contributed by atoms with E-state index < -0.39 is 5.60 Å². The van der Waals surface area contributed by atoms with Gasteiger partial charge in [-0.25, -0.2) is 9.97 Å². The highest BCUT2D eigenvalue weighted by molar-refractivity contribution is 5.45. The number of aryl methyl sites for hydroxylation is 1. The van der Waals surface area contributed by atoms with Gasteiger partial charge in [0.2, 0.25) is 0 Å². The molecule has 0 atom stereocenters. The quantitative estimate of drug-likeness (QED) is 0.904. The normalized spacial score (nSPS) is 18.3. The summed E-state index contributed by atoms with van der Waals surface area (Å²) in [5, 5.41) is 3.14. The topological polar surface area (TPSA) is 56.3 Å². The summed E-state index contributed by atoms with van der Waals surface area (Å²) < 4.78 is 11.5. The van der Waals surface area contributed by atoms with Crippen molar-refractivity contribution < 1.29 is 9.47 Å². The number of ether oxygens (including phenoxy) is 2. The van der Waals surface area contributed by atoms with Crippen LogP contribution >= 0.6 is 0 Å². The molecule has 1 aliphatic rings. The Morgan fingerprint density at radius 3 is 2.53 bits per heavy atom. The van der Waals surface area contributed by atoms with Gasteiger partial charge in [0.25, 0.3) is 0 Å². The molecule has 1 N–H and O–H groups in total. The van der Waals surface area contributed by atoms with Crippen LogP contribution in [-0.4, -0.2) is 36.8 Å². The van der Waals surface area contributed by atoms with Gasteiger partial charge in [-0.05, 0) is 20.8 Å². The predicted molar refractivity (Wildman–Crippen MR) is 74.4 cm³/mol. The van der Waals surface area contributed by atoms with Gasteiger partial charge in [0, 0.05) is 51.0 Å². The zero-order valence-corrected chi connectivity index (χ0v) is 12.2. The molecule has 0 spiro atoms. The van der Waals surface area contributed by atoms with Gasteiger partial charge in [0.1, 0.15) is 11.4 Å². The molecule has 0 aromatic carbocycles. The lowest BCUT2D eigenvalue weighted by molar-refractivity contribution is -0.117. The molecule has 0 unspecified atom stereocenters. The minimum atomic E-state index is -0.392. The largest absolute Gasteiger partial charge is 0.381 e. The molecule has 1 saturated heterocycles. The molecule has 1 fully saturated rings. The third-order valence-corrected chi connectivity index (χ3v) is 3.75. The van der Waals surface area contributed by atoms with Crippen molar-refractivity contribution in [3.8, 4) is 0 Å². The molecule has 2 rings (SSSR count). The monoisotopic (exact) mass is 265 g/mol. The average molecular weight is 265 g/mol. The van der Waals surface area contributed by atoms with Gasteiger partial charge in [-0.1, -0.05) is 0 Å². The summed E-state index contributed by atoms with van der Waals surface area (Å²) in [7, 11) is 1.88. The molecule has 19 heavy (non-hydrogen) atoms. The lowest BCUT2D eigenvalue weighted by Gasteiger charge is -2.35. The predicted octanol–water partition coefficient (Wildman–Crippen LogP) is 2.18. The number of hydrogen-bond acceptors (Lipinski definition) is 5. The summed E-state index contributed by atoms with van der Waals surface area (Å²) in [6.45, 7) is 8.11. The van der Waals surface area contributed by atoms with E-state index in [0.717, 1.165) is 35.7 Å². The second-order valence-electron chi connectivity index (χ2n) is 4.90. The minimum Gasteiger partial charge on any atom is -0.381 e. The van der Waals surface area contributed by atoms with Crippen LogP contribution in [0.2, 0.25) is 0 Å². The summed E-state index contributed by atoms with van der Waals surface area (Å²) >= 11 is 0. The van der Waals surface area contributed by atoms with E-state index in [4.69, 9.17) is 9.47 Å². The molecule has 2 heterocycles. The van der Waals surface area contributed by atoms with Crippen LogP contribution in [0.3, 0.4) is 0 Å². The Morgan fingerprint density at radius 2 is 1.95 bits per heavy atom. The van der Waals surface area contributed by atoms with E-state index in [-0.39, 0.29) is 0 Å². The Labute approximate surface area is 114 Å². The van der Waals surface area contributed by atoms with E-state index in [1.807, 2.05) is 27.8 Å². The van der Waals surface area contributed by atoms with Gasteiger partial charge < -0.3 is 14.8 Å². The second-order valence-corrected chi connectivity index (χ2v) is 4.90. The van der Waals surface area contributed by atoms with Crippen molar-refractivity contribution in [2.45, 2.75) is 39.2 Å². The van der Waals surface area contributed by atoms with Crippen LogP contribution < -0.4 is 5.32 Å². The standard InChI is InChI=1S/C14H23N3O2/c1-5-19-14(6-8-18-9-7-14)13-16-11(3)10(2)12(15-4)17-13/h5-9H2,1-4H3,(H,15,16,17). The van der Waals surface area contributed by atoms with Gasteiger partial charge in [0.15, 0.2) is 5.82 Å². The van der Waals surface area contributed by atoms with Crippen LogP contribution in [0.1, 0.15) is 36.8 Å². The molecule has 0 amide bonds. The van der Waals surface area contributed by atoms with E-state index in [9.17, 15) is 0 Å². The minimum absolute atomic E-state index is 0.392. The lowest BCUT2D eigenvalue weighted by atomic mass is 9.92. The Bertz CT molecular complexity index is 437. The van der Waals surface area contributed by atoms with E-state index >= 15 is 0 Å². The molecule has 106 valence electrons. The Balaban J connectivity index is 2.44. The highest BCUT2D eigenvalue weighted by Gasteiger charge is 2.38. The highest BCUT2D eigenvalue weighted by Crippen LogP contribution is 2.35. The molecule has 5 nitrogen and oxygen atoms in total. The number of anilines is 1. The molecule has 0 saturated carbocycles. The van der Waals surface area contributed by atoms with Crippen molar-refractivity contribution in [2.75, 3.05) is 32.2 Å². The molecule has 0 aliphatic carbocycles. The summed E-state index contributed by atoms with van der Waals surface area (Å²) in [6.07, 6.45) is 1.62. The van der Waals surface area contributed by atoms with Crippen LogP contribution in [0.4, 0.5) is 5.82 Å². The molecular weight excluding hydrogens is 242 g/mol. The number of rotatable bonds is 4. The van der Waals surface area contributed by atoms with Crippen molar-refractivity contribution in [1.29, 1.82) is 0 Å². The Morgan fingerprint density at radius 1 is 1.26 bits per heavy atom. The van der Waals surface area contributed by atoms with E-state index in [0.29, 0.717) is 19.8 Å². The molecule has 0 bridgehead atoms. The van der Waals surface area contributed by atoms with E-state index in [2.05, 4.69) is 15.3 Å². The Hall–Kier alpha value is -1.20. The molecule has 1 aromatic rings. The Kier molecular flexibility index (Phi) is 4.37. The number of aromatic nitrogens is 2. The van der Waals surface area contributed by atoms with Gasteiger partial charge >= 0.3 is 0 Å². The van der Waals surface area contributed by atoms with Gasteiger partial charge in [0.05, 0.1) is 0 Å². The smallest absolute Gasteiger partial charge is 0.163 e. The zero-order valence-electron chi connectivity index (χ0n) is 12.2. The van der Waals surface area contributed by atoms with Crippen molar-refractivity contribution in [3.63, 3.8) is 0 Å². The fourth-order valence-corrected chi connectivity index (χ4v) is 2.49. The van der Waals surface area contributed by atoms with Crippen molar-refractivity contribution in [2.24, 2.45) is 0 Å². The van der Waals surface area contributed by atoms with Crippen molar-refractivity contribution in [3.05, 3.63) is 17.1 Å². The van der Waals surface area contributed by atoms with Crippen LogP contribution in [0.25, 0.3) is 0 Å². The maximum atomic E-state index is 6.02. The maximum absolute atomic E-state index is 6.02. The van der Waals surface area contributed by atoms with Crippen LogP contribution in [0.15, 0.2) is 0 Å². The number of hydrogen-bond donors (Lipinski definition) is 1. The first-order valence-corrected chi connectivity index (χ1v) is 6.88.